The highest BCUT2D eigenvalue weighted by Crippen LogP contribution is 2.23. The summed E-state index contributed by atoms with van der Waals surface area (Å²) >= 11 is 13.4. The highest BCUT2D eigenvalue weighted by atomic mass is 35.5. The van der Waals surface area contributed by atoms with E-state index in [9.17, 15) is 4.79 Å². The molecule has 3 rings (SSSR count). The Morgan fingerprint density at radius 1 is 1.20 bits per heavy atom. The summed E-state index contributed by atoms with van der Waals surface area (Å²) in [6, 6.07) is 14.6. The van der Waals surface area contributed by atoms with E-state index in [-0.39, 0.29) is 5.78 Å². The molecule has 0 radical (unpaired) electrons. The fourth-order valence-corrected chi connectivity index (χ4v) is 3.09. The van der Waals surface area contributed by atoms with Crippen molar-refractivity contribution in [2.45, 2.75) is 6.92 Å². The maximum atomic E-state index is 11.7. The monoisotopic (exact) mass is 390 g/mol. The molecule has 8 heteroatoms. The fraction of sp³-hybridized carbons (Fsp3) is 0.0588. The second-order valence-corrected chi connectivity index (χ2v) is 6.81. The summed E-state index contributed by atoms with van der Waals surface area (Å²) in [5.74, 6) is -0.162. The predicted octanol–water partition coefficient (Wildman–Crippen LogP) is 4.38. The summed E-state index contributed by atoms with van der Waals surface area (Å²) in [4.78, 5) is 12.1. The topological polar surface area (TPSA) is 59.6 Å². The summed E-state index contributed by atoms with van der Waals surface area (Å²) in [5, 5.41) is 13.8. The smallest absolute Gasteiger partial charge is 0.233 e. The van der Waals surface area contributed by atoms with Crippen molar-refractivity contribution in [1.29, 1.82) is 0 Å². The molecule has 2 aromatic carbocycles. The quantitative estimate of drug-likeness (QED) is 0.377. The first-order valence-corrected chi connectivity index (χ1v) is 8.80. The Morgan fingerprint density at radius 2 is 1.96 bits per heavy atom. The Bertz CT molecular complexity index is 1010. The van der Waals surface area contributed by atoms with Crippen molar-refractivity contribution in [2.75, 3.05) is 0 Å². The molecule has 25 heavy (non-hydrogen) atoms. The molecule has 0 N–H and O–H groups in total. The predicted molar refractivity (Wildman–Crippen MR) is 101 cm³/mol. The summed E-state index contributed by atoms with van der Waals surface area (Å²) in [6.45, 7) is 1.44. The molecule has 126 valence electrons. The van der Waals surface area contributed by atoms with Crippen LogP contribution in [0.2, 0.25) is 10.0 Å². The first-order chi connectivity index (χ1) is 12.0. The van der Waals surface area contributed by atoms with Gasteiger partial charge in [0.2, 0.25) is 4.80 Å². The van der Waals surface area contributed by atoms with Crippen LogP contribution in [0.15, 0.2) is 58.7 Å². The molecule has 0 unspecified atom stereocenters. The zero-order chi connectivity index (χ0) is 17.8. The van der Waals surface area contributed by atoms with Gasteiger partial charge in [0.05, 0.1) is 16.9 Å². The van der Waals surface area contributed by atoms with Gasteiger partial charge in [-0.05, 0) is 23.8 Å². The number of Topliss-reactive ketones (excluding diaryl/α,β-unsaturated/α-hetero) is 1. The summed E-state index contributed by atoms with van der Waals surface area (Å²) in [7, 11) is 0. The average Bonchev–Trinajstić information content (AvgIpc) is 3.02. The number of benzene rings is 2. The van der Waals surface area contributed by atoms with Gasteiger partial charge in [-0.3, -0.25) is 4.79 Å². The van der Waals surface area contributed by atoms with Gasteiger partial charge in [0.25, 0.3) is 0 Å². The van der Waals surface area contributed by atoms with Crippen LogP contribution in [0, 0.1) is 0 Å². The average molecular weight is 391 g/mol. The largest absolute Gasteiger partial charge is 0.292 e. The van der Waals surface area contributed by atoms with E-state index < -0.39 is 0 Å². The van der Waals surface area contributed by atoms with Crippen LogP contribution in [0.3, 0.4) is 0 Å². The van der Waals surface area contributed by atoms with Crippen molar-refractivity contribution < 1.29 is 4.79 Å². The molecule has 0 aliphatic carbocycles. The van der Waals surface area contributed by atoms with E-state index >= 15 is 0 Å². The zero-order valence-electron chi connectivity index (χ0n) is 13.1. The van der Waals surface area contributed by atoms with E-state index in [1.165, 1.54) is 11.6 Å². The van der Waals surface area contributed by atoms with Crippen LogP contribution in [0.5, 0.6) is 0 Å². The Hall–Kier alpha value is -2.28. The van der Waals surface area contributed by atoms with Crippen molar-refractivity contribution in [3.63, 3.8) is 0 Å². The van der Waals surface area contributed by atoms with E-state index in [1.54, 1.807) is 24.4 Å². The fourth-order valence-electron chi connectivity index (χ4n) is 1.98. The van der Waals surface area contributed by atoms with Crippen LogP contribution in [0.4, 0.5) is 0 Å². The first-order valence-electron chi connectivity index (χ1n) is 7.23. The molecule has 0 spiro atoms. The molecule has 0 aliphatic rings. The van der Waals surface area contributed by atoms with Crippen molar-refractivity contribution in [3.8, 4) is 5.69 Å². The second kappa shape index (κ2) is 7.74. The normalized spacial score (nSPS) is 12.0. The first kappa shape index (κ1) is 17.5. The zero-order valence-corrected chi connectivity index (χ0v) is 15.4. The highest BCUT2D eigenvalue weighted by molar-refractivity contribution is 7.11. The van der Waals surface area contributed by atoms with Crippen LogP contribution in [0.25, 0.3) is 5.69 Å². The van der Waals surface area contributed by atoms with Gasteiger partial charge in [-0.15, -0.1) is 5.10 Å². The lowest BCUT2D eigenvalue weighted by Gasteiger charge is -2.04. The van der Waals surface area contributed by atoms with Crippen LogP contribution >= 0.6 is 34.5 Å². The third kappa shape index (κ3) is 4.22. The van der Waals surface area contributed by atoms with E-state index in [0.717, 1.165) is 16.9 Å². The van der Waals surface area contributed by atoms with Crippen LogP contribution in [-0.2, 0) is 0 Å². The third-order valence-corrected chi connectivity index (χ3v) is 4.70. The minimum Gasteiger partial charge on any atom is -0.292 e. The lowest BCUT2D eigenvalue weighted by atomic mass is 10.2. The number of carbonyl (C=O) groups excluding carboxylic acids is 1. The number of hydrogen-bond acceptors (Lipinski definition) is 5. The van der Waals surface area contributed by atoms with Crippen LogP contribution in [-0.4, -0.2) is 21.8 Å². The molecular formula is C17H12Cl2N4OS. The molecule has 0 saturated heterocycles. The number of carbonyl (C=O) groups is 1. The van der Waals surface area contributed by atoms with Gasteiger partial charge in [0.1, 0.15) is 0 Å². The molecule has 0 bridgehead atoms. The number of rotatable bonds is 4. The van der Waals surface area contributed by atoms with Gasteiger partial charge >= 0.3 is 0 Å². The van der Waals surface area contributed by atoms with E-state index in [2.05, 4.69) is 15.3 Å². The van der Waals surface area contributed by atoms with Crippen LogP contribution < -0.4 is 4.80 Å². The Morgan fingerprint density at radius 3 is 2.68 bits per heavy atom. The number of ketones is 1. The van der Waals surface area contributed by atoms with E-state index in [0.29, 0.717) is 25.5 Å². The third-order valence-electron chi connectivity index (χ3n) is 3.15. The molecule has 0 amide bonds. The summed E-state index contributed by atoms with van der Waals surface area (Å²) in [6.07, 6.45) is 1.62. The van der Waals surface area contributed by atoms with Gasteiger partial charge in [-0.1, -0.05) is 64.9 Å². The van der Waals surface area contributed by atoms with Gasteiger partial charge in [0.15, 0.2) is 10.8 Å². The van der Waals surface area contributed by atoms with Crippen molar-refractivity contribution in [1.82, 2.24) is 9.78 Å². The number of nitrogens with zero attached hydrogens (tertiary/aromatic N) is 4. The number of aromatic nitrogens is 2. The molecule has 0 atom stereocenters. The maximum Gasteiger partial charge on any atom is 0.233 e. The van der Waals surface area contributed by atoms with Gasteiger partial charge in [-0.2, -0.15) is 10.2 Å². The summed E-state index contributed by atoms with van der Waals surface area (Å²) in [5.41, 5.74) is 1.45. The Kier molecular flexibility index (Phi) is 5.43. The van der Waals surface area contributed by atoms with Crippen LogP contribution in [0.1, 0.15) is 22.3 Å². The molecule has 1 aromatic heterocycles. The van der Waals surface area contributed by atoms with Gasteiger partial charge < -0.3 is 0 Å². The molecule has 1 heterocycles. The SMILES string of the molecule is CC(=O)c1nn(-c2cc(Cl)ccc2Cl)/c(=N\N=C/c2ccccc2)s1. The Balaban J connectivity index is 2.09. The molecule has 5 nitrogen and oxygen atoms in total. The Labute approximate surface area is 157 Å². The van der Waals surface area contributed by atoms with Gasteiger partial charge in [0, 0.05) is 11.9 Å². The van der Waals surface area contributed by atoms with Crippen molar-refractivity contribution in [2.24, 2.45) is 10.2 Å². The van der Waals surface area contributed by atoms with Gasteiger partial charge in [-0.25, -0.2) is 4.68 Å². The standard InChI is InChI=1S/C17H12Cl2N4OS/c1-11(24)16-22-23(15-9-13(18)7-8-14(15)19)17(25-16)21-20-10-12-5-3-2-4-6-12/h2-10H,1H3/b20-10-,21-17+. The molecular weight excluding hydrogens is 379 g/mol. The lowest BCUT2D eigenvalue weighted by Crippen LogP contribution is -2.14. The second-order valence-electron chi connectivity index (χ2n) is 5.01. The maximum absolute atomic E-state index is 11.7. The molecule has 3 aromatic rings. The van der Waals surface area contributed by atoms with Crippen molar-refractivity contribution >= 4 is 46.5 Å². The number of halogens is 2. The molecule has 0 fully saturated rings. The highest BCUT2D eigenvalue weighted by Gasteiger charge is 2.13. The van der Waals surface area contributed by atoms with E-state index in [4.69, 9.17) is 23.2 Å². The minimum atomic E-state index is -0.162. The lowest BCUT2D eigenvalue weighted by molar-refractivity contribution is 0.101. The van der Waals surface area contributed by atoms with E-state index in [1.807, 2.05) is 30.3 Å². The molecule has 0 aliphatic heterocycles. The number of hydrogen-bond donors (Lipinski definition) is 0. The molecule has 0 saturated carbocycles. The summed E-state index contributed by atoms with van der Waals surface area (Å²) < 4.78 is 1.47. The van der Waals surface area contributed by atoms with Crippen molar-refractivity contribution in [3.05, 3.63) is 73.9 Å². The minimum absolute atomic E-state index is 0.162.